The second kappa shape index (κ2) is 7.14. The molecule has 2 rings (SSSR count). The highest BCUT2D eigenvalue weighted by Gasteiger charge is 2.11. The summed E-state index contributed by atoms with van der Waals surface area (Å²) in [5.74, 6) is -0.466. The number of carbonyl (C=O) groups is 1. The molecule has 0 aromatic heterocycles. The lowest BCUT2D eigenvalue weighted by Gasteiger charge is -2.03. The van der Waals surface area contributed by atoms with Gasteiger partial charge in [-0.3, -0.25) is 25.0 Å². The van der Waals surface area contributed by atoms with Crippen molar-refractivity contribution in [1.29, 1.82) is 0 Å². The number of nitrogens with one attached hydrogen (secondary N) is 1. The minimum atomic E-state index is -0.516. The summed E-state index contributed by atoms with van der Waals surface area (Å²) in [6, 6.07) is 10.1. The van der Waals surface area contributed by atoms with Gasteiger partial charge in [0.1, 0.15) is 0 Å². The topological polar surface area (TPSA) is 115 Å². The number of nitro benzene ring substituents is 2. The molecule has 122 valence electrons. The quantitative estimate of drug-likeness (QED) is 0.513. The maximum atomic E-state index is 11.9. The summed E-state index contributed by atoms with van der Waals surface area (Å²) < 4.78 is 0. The fraction of sp³-hybridized carbons (Fsp3) is 0.0625. The number of hydrogen-bond acceptors (Lipinski definition) is 5. The maximum absolute atomic E-state index is 11.9. The predicted octanol–water partition coefficient (Wildman–Crippen LogP) is 3.46. The first-order valence-electron chi connectivity index (χ1n) is 6.85. The molecule has 1 amide bonds. The highest BCUT2D eigenvalue weighted by molar-refractivity contribution is 6.02. The van der Waals surface area contributed by atoms with E-state index < -0.39 is 15.8 Å². The van der Waals surface area contributed by atoms with Crippen LogP contribution in [0.5, 0.6) is 0 Å². The van der Waals surface area contributed by atoms with Crippen molar-refractivity contribution in [2.45, 2.75) is 6.92 Å². The SMILES string of the molecule is Cc1ccc(NC(=O)C=Cc2ccc([N+](=O)[O-])cc2)cc1[N+](=O)[O-]. The molecule has 0 saturated heterocycles. The number of non-ortho nitro benzene ring substituents is 1. The van der Waals surface area contributed by atoms with Gasteiger partial charge in [0.2, 0.25) is 5.91 Å². The van der Waals surface area contributed by atoms with Gasteiger partial charge in [0.25, 0.3) is 11.4 Å². The normalized spacial score (nSPS) is 10.5. The van der Waals surface area contributed by atoms with Gasteiger partial charge in [-0.2, -0.15) is 0 Å². The fourth-order valence-electron chi connectivity index (χ4n) is 1.95. The number of benzene rings is 2. The average molecular weight is 327 g/mol. The molecule has 2 aromatic rings. The van der Waals surface area contributed by atoms with Crippen molar-refractivity contribution < 1.29 is 14.6 Å². The van der Waals surface area contributed by atoms with Gasteiger partial charge in [0.05, 0.1) is 9.85 Å². The standard InChI is InChI=1S/C16H13N3O5/c1-11-2-6-13(10-15(11)19(23)24)17-16(20)9-5-12-3-7-14(8-4-12)18(21)22/h2-10H,1H3,(H,17,20). The lowest BCUT2D eigenvalue weighted by molar-refractivity contribution is -0.385. The molecule has 8 heteroatoms. The van der Waals surface area contributed by atoms with E-state index in [1.165, 1.54) is 42.5 Å². The van der Waals surface area contributed by atoms with Crippen LogP contribution in [0.15, 0.2) is 48.5 Å². The van der Waals surface area contributed by atoms with Gasteiger partial charge >= 0.3 is 0 Å². The zero-order valence-corrected chi connectivity index (χ0v) is 12.6. The molecule has 0 aliphatic carbocycles. The molecule has 1 N–H and O–H groups in total. The van der Waals surface area contributed by atoms with Crippen LogP contribution < -0.4 is 5.32 Å². The Balaban J connectivity index is 2.06. The minimum Gasteiger partial charge on any atom is -0.322 e. The Morgan fingerprint density at radius 1 is 1.04 bits per heavy atom. The van der Waals surface area contributed by atoms with E-state index in [1.807, 2.05) is 0 Å². The first kappa shape index (κ1) is 16.8. The van der Waals surface area contributed by atoms with Crippen LogP contribution in [0.25, 0.3) is 6.08 Å². The van der Waals surface area contributed by atoms with E-state index >= 15 is 0 Å². The average Bonchev–Trinajstić information content (AvgIpc) is 2.55. The molecule has 2 aromatic carbocycles. The third-order valence-corrected chi connectivity index (χ3v) is 3.20. The number of nitrogens with zero attached hydrogens (tertiary/aromatic N) is 2. The van der Waals surface area contributed by atoms with Crippen molar-refractivity contribution in [2.75, 3.05) is 5.32 Å². The van der Waals surface area contributed by atoms with Gasteiger partial charge in [-0.05, 0) is 36.8 Å². The number of nitro groups is 2. The highest BCUT2D eigenvalue weighted by atomic mass is 16.6. The van der Waals surface area contributed by atoms with E-state index in [0.717, 1.165) is 0 Å². The molecule has 0 radical (unpaired) electrons. The summed E-state index contributed by atoms with van der Waals surface area (Å²) in [5, 5.41) is 24.0. The number of anilines is 1. The lowest BCUT2D eigenvalue weighted by Crippen LogP contribution is -2.08. The molecule has 0 spiro atoms. The molecular formula is C16H13N3O5. The van der Waals surface area contributed by atoms with E-state index in [2.05, 4.69) is 5.32 Å². The molecule has 0 unspecified atom stereocenters. The second-order valence-electron chi connectivity index (χ2n) is 4.93. The maximum Gasteiger partial charge on any atom is 0.274 e. The van der Waals surface area contributed by atoms with E-state index in [-0.39, 0.29) is 11.4 Å². The van der Waals surface area contributed by atoms with Crippen LogP contribution in [0, 0.1) is 27.2 Å². The fourth-order valence-corrected chi connectivity index (χ4v) is 1.95. The molecule has 24 heavy (non-hydrogen) atoms. The van der Waals surface area contributed by atoms with Crippen molar-refractivity contribution in [1.82, 2.24) is 0 Å². The molecule has 0 saturated carbocycles. The smallest absolute Gasteiger partial charge is 0.274 e. The Hall–Kier alpha value is -3.55. The molecule has 0 bridgehead atoms. The van der Waals surface area contributed by atoms with Crippen LogP contribution in [0.1, 0.15) is 11.1 Å². The third kappa shape index (κ3) is 4.23. The number of aryl methyl sites for hydroxylation is 1. The van der Waals surface area contributed by atoms with Crippen molar-refractivity contribution in [3.63, 3.8) is 0 Å². The molecule has 8 nitrogen and oxygen atoms in total. The van der Waals surface area contributed by atoms with Crippen molar-refractivity contribution >= 4 is 29.0 Å². The number of amides is 1. The molecular weight excluding hydrogens is 314 g/mol. The molecule has 0 heterocycles. The molecule has 0 atom stereocenters. The van der Waals surface area contributed by atoms with E-state index in [4.69, 9.17) is 0 Å². The van der Waals surface area contributed by atoms with Crippen LogP contribution in [-0.2, 0) is 4.79 Å². The van der Waals surface area contributed by atoms with Gasteiger partial charge in [0, 0.05) is 35.5 Å². The Kier molecular flexibility index (Phi) is 5.00. The largest absolute Gasteiger partial charge is 0.322 e. The highest BCUT2D eigenvalue weighted by Crippen LogP contribution is 2.22. The summed E-state index contributed by atoms with van der Waals surface area (Å²) in [7, 11) is 0. The zero-order chi connectivity index (χ0) is 17.7. The van der Waals surface area contributed by atoms with Crippen molar-refractivity contribution in [2.24, 2.45) is 0 Å². The molecule has 0 aliphatic rings. The van der Waals surface area contributed by atoms with Crippen molar-refractivity contribution in [3.05, 3.63) is 79.9 Å². The monoisotopic (exact) mass is 327 g/mol. The Bertz CT molecular complexity index is 828. The van der Waals surface area contributed by atoms with Crippen LogP contribution in [0.4, 0.5) is 17.1 Å². The summed E-state index contributed by atoms with van der Waals surface area (Å²) >= 11 is 0. The zero-order valence-electron chi connectivity index (χ0n) is 12.6. The minimum absolute atomic E-state index is 0.0384. The Morgan fingerprint density at radius 2 is 1.71 bits per heavy atom. The van der Waals surface area contributed by atoms with Crippen molar-refractivity contribution in [3.8, 4) is 0 Å². The second-order valence-corrected chi connectivity index (χ2v) is 4.93. The van der Waals surface area contributed by atoms with Crippen LogP contribution in [-0.4, -0.2) is 15.8 Å². The van der Waals surface area contributed by atoms with E-state index in [1.54, 1.807) is 19.1 Å². The van der Waals surface area contributed by atoms with Gasteiger partial charge in [-0.25, -0.2) is 0 Å². The molecule has 0 fully saturated rings. The summed E-state index contributed by atoms with van der Waals surface area (Å²) in [6.45, 7) is 1.61. The number of hydrogen-bond donors (Lipinski definition) is 1. The third-order valence-electron chi connectivity index (χ3n) is 3.20. The predicted molar refractivity (Wildman–Crippen MR) is 88.6 cm³/mol. The Labute approximate surface area is 136 Å². The summed E-state index contributed by atoms with van der Waals surface area (Å²) in [6.07, 6.45) is 2.73. The van der Waals surface area contributed by atoms with E-state index in [0.29, 0.717) is 16.8 Å². The van der Waals surface area contributed by atoms with Crippen LogP contribution in [0.3, 0.4) is 0 Å². The van der Waals surface area contributed by atoms with Gasteiger partial charge in [0.15, 0.2) is 0 Å². The van der Waals surface area contributed by atoms with Crippen LogP contribution in [0.2, 0.25) is 0 Å². The summed E-state index contributed by atoms with van der Waals surface area (Å²) in [5.41, 5.74) is 1.31. The van der Waals surface area contributed by atoms with Gasteiger partial charge in [-0.15, -0.1) is 0 Å². The van der Waals surface area contributed by atoms with Gasteiger partial charge in [-0.1, -0.05) is 6.07 Å². The first-order chi connectivity index (χ1) is 11.4. The van der Waals surface area contributed by atoms with E-state index in [9.17, 15) is 25.0 Å². The first-order valence-corrected chi connectivity index (χ1v) is 6.85. The van der Waals surface area contributed by atoms with Crippen LogP contribution >= 0.6 is 0 Å². The number of rotatable bonds is 5. The molecule has 0 aliphatic heterocycles. The lowest BCUT2D eigenvalue weighted by atomic mass is 10.1. The Morgan fingerprint density at radius 3 is 2.29 bits per heavy atom. The number of carbonyl (C=O) groups excluding carboxylic acids is 1. The van der Waals surface area contributed by atoms with Gasteiger partial charge < -0.3 is 5.32 Å². The summed E-state index contributed by atoms with van der Waals surface area (Å²) in [4.78, 5) is 32.3.